The number of carbonyl (C=O) groups excluding carboxylic acids is 1. The average Bonchev–Trinajstić information content (AvgIpc) is 2.24. The van der Waals surface area contributed by atoms with Crippen LogP contribution >= 0.6 is 0 Å². The second kappa shape index (κ2) is 7.63. The van der Waals surface area contributed by atoms with Crippen LogP contribution in [0.25, 0.3) is 0 Å². The summed E-state index contributed by atoms with van der Waals surface area (Å²) in [5, 5.41) is 6.21. The average molecular weight is 230 g/mol. The van der Waals surface area contributed by atoms with Gasteiger partial charge >= 0.3 is 0 Å². The molecule has 1 unspecified atom stereocenters. The van der Waals surface area contributed by atoms with E-state index in [1.807, 2.05) is 20.8 Å². The molecule has 0 radical (unpaired) electrons. The molecular weight excluding hydrogens is 204 g/mol. The molecular formula is C12H26N2O2. The largest absolute Gasteiger partial charge is 0.385 e. The van der Waals surface area contributed by atoms with Gasteiger partial charge in [0, 0.05) is 32.8 Å². The van der Waals surface area contributed by atoms with Crippen molar-refractivity contribution in [3.63, 3.8) is 0 Å². The van der Waals surface area contributed by atoms with E-state index in [0.29, 0.717) is 19.1 Å². The number of methoxy groups -OCH3 is 1. The summed E-state index contributed by atoms with van der Waals surface area (Å²) in [7, 11) is 1.70. The van der Waals surface area contributed by atoms with Gasteiger partial charge in [-0.25, -0.2) is 0 Å². The zero-order valence-electron chi connectivity index (χ0n) is 11.2. The Hall–Kier alpha value is -0.610. The van der Waals surface area contributed by atoms with E-state index in [1.54, 1.807) is 7.11 Å². The molecule has 0 aromatic carbocycles. The summed E-state index contributed by atoms with van der Waals surface area (Å²) >= 11 is 0. The first-order valence-electron chi connectivity index (χ1n) is 5.94. The van der Waals surface area contributed by atoms with E-state index in [0.717, 1.165) is 13.0 Å². The van der Waals surface area contributed by atoms with E-state index >= 15 is 0 Å². The number of carbonyl (C=O) groups is 1. The minimum Gasteiger partial charge on any atom is -0.385 e. The highest BCUT2D eigenvalue weighted by Gasteiger charge is 2.26. The predicted molar refractivity (Wildman–Crippen MR) is 66.4 cm³/mol. The lowest BCUT2D eigenvalue weighted by Gasteiger charge is -2.26. The fourth-order valence-electron chi connectivity index (χ4n) is 1.31. The second-order valence-corrected chi connectivity index (χ2v) is 4.81. The molecule has 2 N–H and O–H groups in total. The van der Waals surface area contributed by atoms with E-state index < -0.39 is 0 Å². The summed E-state index contributed by atoms with van der Waals surface area (Å²) in [6, 6.07) is 0.369. The molecule has 0 aliphatic rings. The summed E-state index contributed by atoms with van der Waals surface area (Å²) in [5.74, 6) is 0.0986. The SMILES string of the molecule is CCNC(=O)C(C)(C)CNC(C)CCOC. The Balaban J connectivity index is 3.92. The summed E-state index contributed by atoms with van der Waals surface area (Å²) in [6.07, 6.45) is 0.960. The topological polar surface area (TPSA) is 50.4 Å². The number of hydrogen-bond donors (Lipinski definition) is 2. The van der Waals surface area contributed by atoms with Gasteiger partial charge in [0.05, 0.1) is 5.41 Å². The van der Waals surface area contributed by atoms with Crippen molar-refractivity contribution in [3.05, 3.63) is 0 Å². The van der Waals surface area contributed by atoms with Crippen molar-refractivity contribution in [1.29, 1.82) is 0 Å². The van der Waals surface area contributed by atoms with Crippen LogP contribution in [0.3, 0.4) is 0 Å². The molecule has 0 aromatic rings. The maximum absolute atomic E-state index is 11.7. The van der Waals surface area contributed by atoms with Gasteiger partial charge in [0.1, 0.15) is 0 Å². The molecule has 0 saturated heterocycles. The third kappa shape index (κ3) is 6.08. The first-order chi connectivity index (χ1) is 7.44. The van der Waals surface area contributed by atoms with Crippen LogP contribution < -0.4 is 10.6 Å². The minimum atomic E-state index is -0.364. The summed E-state index contributed by atoms with van der Waals surface area (Å²) in [5.41, 5.74) is -0.364. The van der Waals surface area contributed by atoms with E-state index in [2.05, 4.69) is 17.6 Å². The number of hydrogen-bond acceptors (Lipinski definition) is 3. The molecule has 0 aliphatic heterocycles. The maximum atomic E-state index is 11.7. The van der Waals surface area contributed by atoms with Gasteiger partial charge in [-0.15, -0.1) is 0 Å². The third-order valence-corrected chi connectivity index (χ3v) is 2.60. The van der Waals surface area contributed by atoms with Crippen molar-refractivity contribution >= 4 is 5.91 Å². The van der Waals surface area contributed by atoms with Crippen molar-refractivity contribution in [3.8, 4) is 0 Å². The number of amides is 1. The first kappa shape index (κ1) is 15.4. The summed E-state index contributed by atoms with van der Waals surface area (Å²) in [6.45, 7) is 10.1. The molecule has 0 spiro atoms. The van der Waals surface area contributed by atoms with E-state index in [-0.39, 0.29) is 11.3 Å². The highest BCUT2D eigenvalue weighted by Crippen LogP contribution is 2.13. The van der Waals surface area contributed by atoms with Crippen molar-refractivity contribution in [2.24, 2.45) is 5.41 Å². The van der Waals surface area contributed by atoms with Gasteiger partial charge < -0.3 is 15.4 Å². The van der Waals surface area contributed by atoms with Crippen LogP contribution in [0.15, 0.2) is 0 Å². The van der Waals surface area contributed by atoms with Crippen molar-refractivity contribution < 1.29 is 9.53 Å². The van der Waals surface area contributed by atoms with Gasteiger partial charge in [-0.1, -0.05) is 0 Å². The van der Waals surface area contributed by atoms with Crippen LogP contribution in [0, 0.1) is 5.41 Å². The summed E-state index contributed by atoms with van der Waals surface area (Å²) in [4.78, 5) is 11.7. The molecule has 1 atom stereocenters. The van der Waals surface area contributed by atoms with Crippen LogP contribution in [-0.4, -0.2) is 38.8 Å². The van der Waals surface area contributed by atoms with Crippen LogP contribution in [0.4, 0.5) is 0 Å². The lowest BCUT2D eigenvalue weighted by atomic mass is 9.92. The molecule has 1 amide bonds. The van der Waals surface area contributed by atoms with Gasteiger partial charge in [-0.05, 0) is 34.1 Å². The Morgan fingerprint density at radius 3 is 2.56 bits per heavy atom. The van der Waals surface area contributed by atoms with Crippen molar-refractivity contribution in [1.82, 2.24) is 10.6 Å². The smallest absolute Gasteiger partial charge is 0.226 e. The van der Waals surface area contributed by atoms with Crippen molar-refractivity contribution in [2.45, 2.75) is 40.2 Å². The molecule has 0 heterocycles. The van der Waals surface area contributed by atoms with Gasteiger partial charge in [0.25, 0.3) is 0 Å². The molecule has 96 valence electrons. The van der Waals surface area contributed by atoms with Crippen molar-refractivity contribution in [2.75, 3.05) is 26.8 Å². The molecule has 0 fully saturated rings. The van der Waals surface area contributed by atoms with Crippen LogP contribution in [-0.2, 0) is 9.53 Å². The molecule has 0 rings (SSSR count). The van der Waals surface area contributed by atoms with Crippen LogP contribution in [0.1, 0.15) is 34.1 Å². The molecule has 4 nitrogen and oxygen atoms in total. The second-order valence-electron chi connectivity index (χ2n) is 4.81. The summed E-state index contributed by atoms with van der Waals surface area (Å²) < 4.78 is 5.01. The van der Waals surface area contributed by atoms with E-state index in [9.17, 15) is 4.79 Å². The van der Waals surface area contributed by atoms with E-state index in [1.165, 1.54) is 0 Å². The number of nitrogens with one attached hydrogen (secondary N) is 2. The monoisotopic (exact) mass is 230 g/mol. The Labute approximate surface area is 99.1 Å². The van der Waals surface area contributed by atoms with Gasteiger partial charge in [-0.2, -0.15) is 0 Å². The normalized spacial score (nSPS) is 13.6. The minimum absolute atomic E-state index is 0.0986. The highest BCUT2D eigenvalue weighted by atomic mass is 16.5. The van der Waals surface area contributed by atoms with Gasteiger partial charge in [0.2, 0.25) is 5.91 Å². The van der Waals surface area contributed by atoms with Gasteiger partial charge in [-0.3, -0.25) is 4.79 Å². The molecule has 4 heteroatoms. The Morgan fingerprint density at radius 1 is 1.44 bits per heavy atom. The molecule has 0 bridgehead atoms. The number of rotatable bonds is 8. The van der Waals surface area contributed by atoms with Gasteiger partial charge in [0.15, 0.2) is 0 Å². The lowest BCUT2D eigenvalue weighted by Crippen LogP contribution is -2.45. The Kier molecular flexibility index (Phi) is 7.34. The van der Waals surface area contributed by atoms with E-state index in [4.69, 9.17) is 4.74 Å². The number of ether oxygens (including phenoxy) is 1. The van der Waals surface area contributed by atoms with Crippen LogP contribution in [0.2, 0.25) is 0 Å². The standard InChI is InChI=1S/C12H26N2O2/c1-6-13-11(15)12(3,4)9-14-10(2)7-8-16-5/h10,14H,6-9H2,1-5H3,(H,13,15). The molecule has 0 aromatic heterocycles. The Morgan fingerprint density at radius 2 is 2.06 bits per heavy atom. The third-order valence-electron chi connectivity index (χ3n) is 2.60. The zero-order chi connectivity index (χ0) is 12.6. The predicted octanol–water partition coefficient (Wildman–Crippen LogP) is 1.16. The highest BCUT2D eigenvalue weighted by molar-refractivity contribution is 5.81. The molecule has 0 saturated carbocycles. The first-order valence-corrected chi connectivity index (χ1v) is 5.94. The maximum Gasteiger partial charge on any atom is 0.226 e. The molecule has 0 aliphatic carbocycles. The zero-order valence-corrected chi connectivity index (χ0v) is 11.2. The fraction of sp³-hybridized carbons (Fsp3) is 0.917. The molecule has 16 heavy (non-hydrogen) atoms. The Bertz CT molecular complexity index is 205. The van der Waals surface area contributed by atoms with Crippen LogP contribution in [0.5, 0.6) is 0 Å². The fourth-order valence-corrected chi connectivity index (χ4v) is 1.31. The lowest BCUT2D eigenvalue weighted by molar-refractivity contribution is -0.129. The quantitative estimate of drug-likeness (QED) is 0.658.